The molecule has 3 rings (SSSR count). The maximum atomic E-state index is 12.1. The molecule has 1 aromatic rings. The van der Waals surface area contributed by atoms with E-state index in [2.05, 4.69) is 10.1 Å². The Kier molecular flexibility index (Phi) is 4.88. The van der Waals surface area contributed by atoms with E-state index in [0.717, 1.165) is 25.9 Å². The Morgan fingerprint density at radius 3 is 2.50 bits per heavy atom. The van der Waals surface area contributed by atoms with Gasteiger partial charge in [-0.1, -0.05) is 36.6 Å². The summed E-state index contributed by atoms with van der Waals surface area (Å²) in [6, 6.07) is 6.25. The molecule has 2 heterocycles. The summed E-state index contributed by atoms with van der Waals surface area (Å²) in [7, 11) is 0. The molecule has 24 heavy (non-hydrogen) atoms. The van der Waals surface area contributed by atoms with Crippen molar-refractivity contribution in [3.05, 3.63) is 51.7 Å². The summed E-state index contributed by atoms with van der Waals surface area (Å²) in [6.45, 7) is 1.72. The van der Waals surface area contributed by atoms with Crippen molar-refractivity contribution in [3.63, 3.8) is 0 Å². The van der Waals surface area contributed by atoms with Crippen LogP contribution >= 0.6 is 0 Å². The molecule has 0 spiro atoms. The molecule has 7 heteroatoms. The molecule has 1 aromatic carbocycles. The van der Waals surface area contributed by atoms with Crippen LogP contribution in [0.3, 0.4) is 0 Å². The van der Waals surface area contributed by atoms with Gasteiger partial charge in [-0.05, 0) is 18.9 Å². The van der Waals surface area contributed by atoms with E-state index in [0.29, 0.717) is 5.56 Å². The summed E-state index contributed by atoms with van der Waals surface area (Å²) in [4.78, 5) is 29.7. The Labute approximate surface area is 139 Å². The van der Waals surface area contributed by atoms with E-state index in [1.807, 2.05) is 0 Å². The number of hydrogen-bond acceptors (Lipinski definition) is 6. The van der Waals surface area contributed by atoms with Crippen LogP contribution in [-0.4, -0.2) is 34.6 Å². The molecule has 1 saturated heterocycles. The standard InChI is InChI=1S/C17H19N3O4/c21-17-14(12-19-10-6-2-1-3-7-11-19)16(18-24-17)13-8-4-5-9-15(13)20(22)23/h4-5,8-9,12H,1-3,6-7,10-11H2. The highest BCUT2D eigenvalue weighted by Crippen LogP contribution is 2.26. The van der Waals surface area contributed by atoms with Crippen LogP contribution in [0.2, 0.25) is 0 Å². The van der Waals surface area contributed by atoms with Crippen molar-refractivity contribution < 1.29 is 14.6 Å². The van der Waals surface area contributed by atoms with Crippen LogP contribution in [0.25, 0.3) is 0 Å². The number of oxime groups is 1. The second-order valence-electron chi connectivity index (χ2n) is 5.94. The third-order valence-electron chi connectivity index (χ3n) is 4.25. The Morgan fingerprint density at radius 1 is 1.12 bits per heavy atom. The minimum absolute atomic E-state index is 0.0897. The number of nitro groups is 1. The molecule has 0 saturated carbocycles. The smallest absolute Gasteiger partial charge is 0.369 e. The van der Waals surface area contributed by atoms with Gasteiger partial charge < -0.3 is 9.74 Å². The van der Waals surface area contributed by atoms with Crippen molar-refractivity contribution in [3.8, 4) is 0 Å². The monoisotopic (exact) mass is 329 g/mol. The maximum Gasteiger partial charge on any atom is 0.369 e. The first-order valence-electron chi connectivity index (χ1n) is 8.16. The first-order valence-corrected chi connectivity index (χ1v) is 8.16. The predicted octanol–water partition coefficient (Wildman–Crippen LogP) is 3.01. The molecule has 0 bridgehead atoms. The highest BCUT2D eigenvalue weighted by Gasteiger charge is 2.31. The topological polar surface area (TPSA) is 85.0 Å². The Hall–Kier alpha value is -2.70. The first kappa shape index (κ1) is 16.2. The molecule has 0 N–H and O–H groups in total. The zero-order valence-electron chi connectivity index (χ0n) is 13.3. The molecule has 0 radical (unpaired) electrons. The molecule has 126 valence electrons. The molecule has 2 aliphatic rings. The van der Waals surface area contributed by atoms with E-state index in [9.17, 15) is 14.9 Å². The Balaban J connectivity index is 1.92. The maximum absolute atomic E-state index is 12.1. The van der Waals surface area contributed by atoms with Crippen LogP contribution in [0.15, 0.2) is 41.2 Å². The molecule has 0 unspecified atom stereocenters. The van der Waals surface area contributed by atoms with E-state index in [1.54, 1.807) is 24.4 Å². The fraction of sp³-hybridized carbons (Fsp3) is 0.412. The van der Waals surface area contributed by atoms with Gasteiger partial charge in [0.25, 0.3) is 5.69 Å². The van der Waals surface area contributed by atoms with Crippen molar-refractivity contribution in [2.45, 2.75) is 32.1 Å². The predicted molar refractivity (Wildman–Crippen MR) is 88.5 cm³/mol. The molecular formula is C17H19N3O4. The van der Waals surface area contributed by atoms with Gasteiger partial charge in [-0.25, -0.2) is 4.79 Å². The Morgan fingerprint density at radius 2 is 1.79 bits per heavy atom. The summed E-state index contributed by atoms with van der Waals surface area (Å²) in [6.07, 6.45) is 7.48. The van der Waals surface area contributed by atoms with Gasteiger partial charge >= 0.3 is 5.97 Å². The average molecular weight is 329 g/mol. The van der Waals surface area contributed by atoms with Gasteiger partial charge in [0.05, 0.1) is 10.5 Å². The number of para-hydroxylation sites is 1. The molecule has 0 aromatic heterocycles. The van der Waals surface area contributed by atoms with E-state index in [-0.39, 0.29) is 17.0 Å². The second kappa shape index (κ2) is 7.25. The second-order valence-corrected chi connectivity index (χ2v) is 5.94. The number of rotatable bonds is 3. The number of carbonyl (C=O) groups is 1. The van der Waals surface area contributed by atoms with Crippen LogP contribution in [0, 0.1) is 10.1 Å². The average Bonchev–Trinajstić information content (AvgIpc) is 2.90. The number of benzene rings is 1. The molecular weight excluding hydrogens is 310 g/mol. The fourth-order valence-electron chi connectivity index (χ4n) is 3.01. The summed E-state index contributed by atoms with van der Waals surface area (Å²) in [5.41, 5.74) is 0.721. The van der Waals surface area contributed by atoms with Crippen molar-refractivity contribution in [2.75, 3.05) is 13.1 Å². The van der Waals surface area contributed by atoms with Crippen molar-refractivity contribution >= 4 is 17.4 Å². The third kappa shape index (κ3) is 3.45. The summed E-state index contributed by atoms with van der Waals surface area (Å²) >= 11 is 0. The van der Waals surface area contributed by atoms with Crippen molar-refractivity contribution in [1.82, 2.24) is 4.90 Å². The van der Waals surface area contributed by atoms with Crippen LogP contribution in [-0.2, 0) is 9.63 Å². The van der Waals surface area contributed by atoms with Crippen molar-refractivity contribution in [1.29, 1.82) is 0 Å². The summed E-state index contributed by atoms with van der Waals surface area (Å²) < 4.78 is 0. The molecule has 0 amide bonds. The van der Waals surface area contributed by atoms with E-state index in [1.165, 1.54) is 25.3 Å². The van der Waals surface area contributed by atoms with Gasteiger partial charge in [-0.15, -0.1) is 0 Å². The highest BCUT2D eigenvalue weighted by molar-refractivity contribution is 6.29. The number of hydrogen-bond donors (Lipinski definition) is 0. The zero-order chi connectivity index (χ0) is 16.9. The Bertz CT molecular complexity index is 704. The molecule has 0 aliphatic carbocycles. The van der Waals surface area contributed by atoms with Gasteiger partial charge in [0, 0.05) is 25.4 Å². The number of nitro benzene ring substituents is 1. The van der Waals surface area contributed by atoms with Gasteiger partial charge in [0.2, 0.25) is 0 Å². The van der Waals surface area contributed by atoms with E-state index in [4.69, 9.17) is 4.84 Å². The van der Waals surface area contributed by atoms with E-state index < -0.39 is 10.9 Å². The molecule has 0 atom stereocenters. The summed E-state index contributed by atoms with van der Waals surface area (Å²) in [5.74, 6) is -0.565. The quantitative estimate of drug-likeness (QED) is 0.368. The minimum atomic E-state index is -0.565. The van der Waals surface area contributed by atoms with Crippen LogP contribution in [0.5, 0.6) is 0 Å². The van der Waals surface area contributed by atoms with Crippen LogP contribution in [0.1, 0.15) is 37.7 Å². The first-order chi connectivity index (χ1) is 11.7. The van der Waals surface area contributed by atoms with Gasteiger partial charge in [-0.2, -0.15) is 0 Å². The number of likely N-dealkylation sites (tertiary alicyclic amines) is 1. The largest absolute Gasteiger partial charge is 0.377 e. The minimum Gasteiger partial charge on any atom is -0.377 e. The number of carbonyl (C=O) groups excluding carboxylic acids is 1. The van der Waals surface area contributed by atoms with Gasteiger partial charge in [0.15, 0.2) is 0 Å². The van der Waals surface area contributed by atoms with Crippen LogP contribution in [0.4, 0.5) is 5.69 Å². The molecule has 2 aliphatic heterocycles. The molecule has 7 nitrogen and oxygen atoms in total. The van der Waals surface area contributed by atoms with Crippen LogP contribution < -0.4 is 0 Å². The lowest BCUT2D eigenvalue weighted by Crippen LogP contribution is -2.24. The number of nitrogens with zero attached hydrogens (tertiary/aromatic N) is 3. The lowest BCUT2D eigenvalue weighted by atomic mass is 10.0. The van der Waals surface area contributed by atoms with Crippen molar-refractivity contribution in [2.24, 2.45) is 5.16 Å². The molecule has 1 fully saturated rings. The summed E-state index contributed by atoms with van der Waals surface area (Å²) in [5, 5.41) is 15.0. The SMILES string of the molecule is O=C1ON=C(c2ccccc2[N+](=O)[O-])C1=CN1CCCCCCC1. The highest BCUT2D eigenvalue weighted by atomic mass is 16.7. The zero-order valence-corrected chi connectivity index (χ0v) is 13.3. The fourth-order valence-corrected chi connectivity index (χ4v) is 3.01. The van der Waals surface area contributed by atoms with Gasteiger partial charge in [-0.3, -0.25) is 10.1 Å². The normalized spacial score (nSPS) is 20.3. The third-order valence-corrected chi connectivity index (χ3v) is 4.25. The van der Waals surface area contributed by atoms with Gasteiger partial charge in [0.1, 0.15) is 11.3 Å². The lowest BCUT2D eigenvalue weighted by Gasteiger charge is -2.23. The lowest BCUT2D eigenvalue weighted by molar-refractivity contribution is -0.385. The van der Waals surface area contributed by atoms with E-state index >= 15 is 0 Å².